The van der Waals surface area contributed by atoms with E-state index < -0.39 is 12.1 Å². The van der Waals surface area contributed by atoms with Gasteiger partial charge in [-0.25, -0.2) is 4.79 Å². The van der Waals surface area contributed by atoms with E-state index >= 15 is 0 Å². The zero-order valence-corrected chi connectivity index (χ0v) is 14.3. The predicted molar refractivity (Wildman–Crippen MR) is 95.8 cm³/mol. The van der Waals surface area contributed by atoms with Gasteiger partial charge in [-0.3, -0.25) is 4.79 Å². The first-order valence-electron chi connectivity index (χ1n) is 7.90. The monoisotopic (exact) mass is 353 g/mol. The molecule has 0 unspecified atom stereocenters. The molecular formula is C20H19NO5. The number of carboxylic acid groups (broad SMARTS) is 1. The van der Waals surface area contributed by atoms with Crippen molar-refractivity contribution in [3.63, 3.8) is 0 Å². The summed E-state index contributed by atoms with van der Waals surface area (Å²) in [4.78, 5) is 22.6. The highest BCUT2D eigenvalue weighted by Gasteiger charge is 2.07. The number of carbonyl (C=O) groups excluding carboxylic acids is 1. The second-order valence-corrected chi connectivity index (χ2v) is 5.31. The van der Waals surface area contributed by atoms with E-state index in [1.807, 2.05) is 30.3 Å². The fourth-order valence-corrected chi connectivity index (χ4v) is 2.15. The lowest BCUT2D eigenvalue weighted by Gasteiger charge is -2.06. The molecular weight excluding hydrogens is 334 g/mol. The van der Waals surface area contributed by atoms with Gasteiger partial charge < -0.3 is 19.9 Å². The molecule has 0 aromatic heterocycles. The van der Waals surface area contributed by atoms with Crippen molar-refractivity contribution in [2.24, 2.45) is 0 Å². The summed E-state index contributed by atoms with van der Waals surface area (Å²) in [6.07, 6.45) is -0.708. The Labute approximate surface area is 151 Å². The molecule has 1 amide bonds. The Morgan fingerprint density at radius 3 is 2.62 bits per heavy atom. The first-order chi connectivity index (χ1) is 12.6. The SMILES string of the molecule is COc1ccc(CC(=O)O)c(C#CCNC(=O)OCc2ccccc2)c1. The van der Waals surface area contributed by atoms with Crippen LogP contribution in [-0.4, -0.2) is 30.8 Å². The van der Waals surface area contributed by atoms with Crippen LogP contribution >= 0.6 is 0 Å². The third-order valence-electron chi connectivity index (χ3n) is 3.42. The van der Waals surface area contributed by atoms with E-state index in [0.717, 1.165) is 5.56 Å². The molecule has 26 heavy (non-hydrogen) atoms. The third-order valence-corrected chi connectivity index (χ3v) is 3.42. The first-order valence-corrected chi connectivity index (χ1v) is 7.90. The van der Waals surface area contributed by atoms with Crippen LogP contribution in [0.3, 0.4) is 0 Å². The summed E-state index contributed by atoms with van der Waals surface area (Å²) in [7, 11) is 1.52. The Balaban J connectivity index is 1.90. The number of hydrogen-bond acceptors (Lipinski definition) is 4. The van der Waals surface area contributed by atoms with Gasteiger partial charge in [0.1, 0.15) is 12.4 Å². The summed E-state index contributed by atoms with van der Waals surface area (Å²) in [5.74, 6) is 5.28. The van der Waals surface area contributed by atoms with E-state index in [1.54, 1.807) is 18.2 Å². The molecule has 0 aliphatic rings. The molecule has 2 rings (SSSR count). The summed E-state index contributed by atoms with van der Waals surface area (Å²) in [6.45, 7) is 0.260. The number of nitrogens with one attached hydrogen (secondary N) is 1. The highest BCUT2D eigenvalue weighted by atomic mass is 16.5. The molecule has 2 N–H and O–H groups in total. The summed E-state index contributed by atoms with van der Waals surface area (Å²) in [5, 5.41) is 11.5. The maximum atomic E-state index is 11.6. The summed E-state index contributed by atoms with van der Waals surface area (Å²) >= 11 is 0. The van der Waals surface area contributed by atoms with Crippen LogP contribution in [0.4, 0.5) is 4.79 Å². The van der Waals surface area contributed by atoms with Gasteiger partial charge in [0.05, 0.1) is 20.1 Å². The number of amides is 1. The average Bonchev–Trinajstić information content (AvgIpc) is 2.65. The molecule has 0 fully saturated rings. The standard InChI is InChI=1S/C20H19NO5/c1-25-18-10-9-17(13-19(22)23)16(12-18)8-5-11-21-20(24)26-14-15-6-3-2-4-7-15/h2-4,6-7,9-10,12H,11,13-14H2,1H3,(H,21,24)(H,22,23). The predicted octanol–water partition coefficient (Wildman–Crippen LogP) is 2.60. The third kappa shape index (κ3) is 6.21. The van der Waals surface area contributed by atoms with Gasteiger partial charge in [-0.2, -0.15) is 0 Å². The number of hydrogen-bond donors (Lipinski definition) is 2. The van der Waals surface area contributed by atoms with Crippen LogP contribution in [0.2, 0.25) is 0 Å². The van der Waals surface area contributed by atoms with Gasteiger partial charge in [0.25, 0.3) is 0 Å². The van der Waals surface area contributed by atoms with Crippen LogP contribution in [0, 0.1) is 11.8 Å². The van der Waals surface area contributed by atoms with Gasteiger partial charge in [0.2, 0.25) is 0 Å². The zero-order chi connectivity index (χ0) is 18.8. The lowest BCUT2D eigenvalue weighted by Crippen LogP contribution is -2.24. The molecule has 0 atom stereocenters. The number of rotatable bonds is 6. The van der Waals surface area contributed by atoms with Crippen molar-refractivity contribution in [2.45, 2.75) is 13.0 Å². The van der Waals surface area contributed by atoms with Crippen LogP contribution in [0.25, 0.3) is 0 Å². The normalized spacial score (nSPS) is 9.58. The molecule has 6 nitrogen and oxygen atoms in total. The van der Waals surface area contributed by atoms with Crippen LogP contribution in [0.15, 0.2) is 48.5 Å². The van der Waals surface area contributed by atoms with Crippen molar-refractivity contribution in [3.8, 4) is 17.6 Å². The van der Waals surface area contributed by atoms with Gasteiger partial charge in [-0.1, -0.05) is 48.2 Å². The Bertz CT molecular complexity index is 821. The van der Waals surface area contributed by atoms with Crippen LogP contribution in [-0.2, 0) is 22.6 Å². The lowest BCUT2D eigenvalue weighted by atomic mass is 10.0. The highest BCUT2D eigenvalue weighted by molar-refractivity contribution is 5.72. The van der Waals surface area contributed by atoms with E-state index in [2.05, 4.69) is 17.2 Å². The maximum Gasteiger partial charge on any atom is 0.408 e. The van der Waals surface area contributed by atoms with Crippen molar-refractivity contribution < 1.29 is 24.2 Å². The van der Waals surface area contributed by atoms with Crippen molar-refractivity contribution in [2.75, 3.05) is 13.7 Å². The fourth-order valence-electron chi connectivity index (χ4n) is 2.15. The molecule has 0 aliphatic carbocycles. The minimum Gasteiger partial charge on any atom is -0.497 e. The van der Waals surface area contributed by atoms with E-state index in [0.29, 0.717) is 16.9 Å². The number of carbonyl (C=O) groups is 2. The van der Waals surface area contributed by atoms with Gasteiger partial charge in [-0.15, -0.1) is 0 Å². The second kappa shape index (κ2) is 9.74. The molecule has 2 aromatic rings. The van der Waals surface area contributed by atoms with Crippen molar-refractivity contribution in [3.05, 3.63) is 65.2 Å². The van der Waals surface area contributed by atoms with Crippen molar-refractivity contribution >= 4 is 12.1 Å². The lowest BCUT2D eigenvalue weighted by molar-refractivity contribution is -0.136. The van der Waals surface area contributed by atoms with Gasteiger partial charge in [0.15, 0.2) is 0 Å². The number of alkyl carbamates (subject to hydrolysis) is 1. The maximum absolute atomic E-state index is 11.6. The average molecular weight is 353 g/mol. The molecule has 0 radical (unpaired) electrons. The summed E-state index contributed by atoms with van der Waals surface area (Å²) < 4.78 is 10.2. The Kier molecular flexibility index (Phi) is 7.07. The molecule has 0 saturated heterocycles. The number of benzene rings is 2. The van der Waals surface area contributed by atoms with Crippen molar-refractivity contribution in [1.82, 2.24) is 5.32 Å². The van der Waals surface area contributed by atoms with Crippen LogP contribution < -0.4 is 10.1 Å². The van der Waals surface area contributed by atoms with Crippen LogP contribution in [0.5, 0.6) is 5.75 Å². The fraction of sp³-hybridized carbons (Fsp3) is 0.200. The number of methoxy groups -OCH3 is 1. The Morgan fingerprint density at radius 1 is 1.15 bits per heavy atom. The molecule has 2 aromatic carbocycles. The Morgan fingerprint density at radius 2 is 1.92 bits per heavy atom. The van der Waals surface area contributed by atoms with E-state index in [1.165, 1.54) is 7.11 Å². The summed E-state index contributed by atoms with van der Waals surface area (Å²) in [6, 6.07) is 14.4. The molecule has 0 aliphatic heterocycles. The highest BCUT2D eigenvalue weighted by Crippen LogP contribution is 2.17. The topological polar surface area (TPSA) is 84.9 Å². The van der Waals surface area contributed by atoms with Gasteiger partial charge >= 0.3 is 12.1 Å². The molecule has 134 valence electrons. The largest absolute Gasteiger partial charge is 0.497 e. The minimum atomic E-state index is -0.944. The number of ether oxygens (including phenoxy) is 2. The zero-order valence-electron chi connectivity index (χ0n) is 14.3. The first kappa shape index (κ1) is 18.9. The van der Waals surface area contributed by atoms with E-state index in [4.69, 9.17) is 14.6 Å². The Hall–Kier alpha value is -3.46. The quantitative estimate of drug-likeness (QED) is 0.780. The van der Waals surface area contributed by atoms with Gasteiger partial charge in [0, 0.05) is 5.56 Å². The second-order valence-electron chi connectivity index (χ2n) is 5.31. The molecule has 0 saturated carbocycles. The van der Waals surface area contributed by atoms with Crippen LogP contribution in [0.1, 0.15) is 16.7 Å². The summed E-state index contributed by atoms with van der Waals surface area (Å²) in [5.41, 5.74) is 2.02. The van der Waals surface area contributed by atoms with E-state index in [-0.39, 0.29) is 19.6 Å². The smallest absolute Gasteiger partial charge is 0.408 e. The molecule has 6 heteroatoms. The van der Waals surface area contributed by atoms with E-state index in [9.17, 15) is 9.59 Å². The molecule has 0 bridgehead atoms. The van der Waals surface area contributed by atoms with Gasteiger partial charge in [-0.05, 0) is 23.3 Å². The molecule has 0 heterocycles. The number of aliphatic carboxylic acids is 1. The van der Waals surface area contributed by atoms with Crippen molar-refractivity contribution in [1.29, 1.82) is 0 Å². The number of carboxylic acids is 1. The minimum absolute atomic E-state index is 0.0807. The molecule has 0 spiro atoms.